The van der Waals surface area contributed by atoms with E-state index in [1.807, 2.05) is 13.0 Å². The van der Waals surface area contributed by atoms with Crippen molar-refractivity contribution in [2.24, 2.45) is 0 Å². The number of hydrogen-bond donors (Lipinski definition) is 2. The van der Waals surface area contributed by atoms with Gasteiger partial charge in [-0.1, -0.05) is 0 Å². The molecule has 1 aromatic heterocycles. The van der Waals surface area contributed by atoms with Crippen LogP contribution in [0.5, 0.6) is 0 Å². The van der Waals surface area contributed by atoms with Gasteiger partial charge in [-0.3, -0.25) is 4.79 Å². The Labute approximate surface area is 129 Å². The predicted molar refractivity (Wildman–Crippen MR) is 86.1 cm³/mol. The third-order valence-electron chi connectivity index (χ3n) is 4.02. The van der Waals surface area contributed by atoms with Crippen LogP contribution in [0.3, 0.4) is 0 Å². The predicted octanol–water partition coefficient (Wildman–Crippen LogP) is 2.23. The molecule has 5 nitrogen and oxygen atoms in total. The summed E-state index contributed by atoms with van der Waals surface area (Å²) in [5.41, 5.74) is 6.62. The van der Waals surface area contributed by atoms with E-state index in [1.54, 1.807) is 0 Å². The minimum Gasteiger partial charge on any atom is -0.397 e. The third kappa shape index (κ3) is 3.49. The maximum absolute atomic E-state index is 12.1. The van der Waals surface area contributed by atoms with Crippen molar-refractivity contribution in [3.05, 3.63) is 10.9 Å². The average molecular weight is 309 g/mol. The minimum atomic E-state index is -0.0181. The maximum atomic E-state index is 12.1. The molecular weight excluding hydrogens is 286 g/mol. The lowest BCUT2D eigenvalue weighted by atomic mass is 10.1. The van der Waals surface area contributed by atoms with Gasteiger partial charge in [0, 0.05) is 25.7 Å². The fourth-order valence-corrected chi connectivity index (χ4v) is 3.72. The quantitative estimate of drug-likeness (QED) is 0.875. The smallest absolute Gasteiger partial charge is 0.263 e. The number of nitrogen functional groups attached to an aromatic ring is 1. The maximum Gasteiger partial charge on any atom is 0.263 e. The first-order valence-corrected chi connectivity index (χ1v) is 8.55. The molecule has 0 bridgehead atoms. The van der Waals surface area contributed by atoms with Crippen molar-refractivity contribution in [1.29, 1.82) is 0 Å². The van der Waals surface area contributed by atoms with E-state index in [0.717, 1.165) is 50.4 Å². The Morgan fingerprint density at radius 3 is 2.76 bits per heavy atom. The molecule has 1 aliphatic carbocycles. The summed E-state index contributed by atoms with van der Waals surface area (Å²) in [5.74, 6) is -0.0181. The molecule has 0 aromatic carbocycles. The molecule has 1 saturated carbocycles. The van der Waals surface area contributed by atoms with E-state index in [1.165, 1.54) is 11.3 Å². The van der Waals surface area contributed by atoms with E-state index in [4.69, 9.17) is 10.5 Å². The molecule has 2 heterocycles. The van der Waals surface area contributed by atoms with Gasteiger partial charge in [0.25, 0.3) is 5.91 Å². The van der Waals surface area contributed by atoms with Gasteiger partial charge in [-0.2, -0.15) is 0 Å². The van der Waals surface area contributed by atoms with Crippen LogP contribution in [0.1, 0.15) is 42.3 Å². The van der Waals surface area contributed by atoms with Crippen molar-refractivity contribution >= 4 is 27.9 Å². The largest absolute Gasteiger partial charge is 0.397 e. The number of anilines is 2. The van der Waals surface area contributed by atoms with Crippen LogP contribution in [0.2, 0.25) is 0 Å². The fourth-order valence-electron chi connectivity index (χ4n) is 2.68. The van der Waals surface area contributed by atoms with E-state index >= 15 is 0 Å². The molecule has 3 rings (SSSR count). The zero-order valence-electron chi connectivity index (χ0n) is 12.4. The molecule has 0 radical (unpaired) electrons. The van der Waals surface area contributed by atoms with Crippen LogP contribution >= 0.6 is 11.3 Å². The molecule has 0 atom stereocenters. The van der Waals surface area contributed by atoms with Crippen molar-refractivity contribution in [3.63, 3.8) is 0 Å². The first kappa shape index (κ1) is 14.7. The lowest BCUT2D eigenvalue weighted by molar-refractivity contribution is 0.0460. The lowest BCUT2D eigenvalue weighted by Gasteiger charge is -2.32. The van der Waals surface area contributed by atoms with Crippen LogP contribution in [0.4, 0.5) is 10.7 Å². The van der Waals surface area contributed by atoms with Crippen LogP contribution in [0.15, 0.2) is 6.07 Å². The standard InChI is InChI=1S/C15H23N3O2S/c1-2-20-11-5-7-18(8-6-11)13-9-12(16)14(21-13)15(19)17-10-3-4-10/h9-11H,2-8,16H2,1H3,(H,17,19). The van der Waals surface area contributed by atoms with E-state index < -0.39 is 0 Å². The van der Waals surface area contributed by atoms with Crippen LogP contribution < -0.4 is 16.0 Å². The van der Waals surface area contributed by atoms with Crippen molar-refractivity contribution in [2.75, 3.05) is 30.3 Å². The molecular formula is C15H23N3O2S. The zero-order valence-corrected chi connectivity index (χ0v) is 13.2. The van der Waals surface area contributed by atoms with Crippen molar-refractivity contribution in [2.45, 2.75) is 44.8 Å². The number of hydrogen-bond acceptors (Lipinski definition) is 5. The van der Waals surface area contributed by atoms with Gasteiger partial charge in [-0.25, -0.2) is 0 Å². The number of carbonyl (C=O) groups is 1. The molecule has 3 N–H and O–H groups in total. The highest BCUT2D eigenvalue weighted by Gasteiger charge is 2.27. The Bertz CT molecular complexity index is 505. The zero-order chi connectivity index (χ0) is 14.8. The van der Waals surface area contributed by atoms with E-state index in [0.29, 0.717) is 22.7 Å². The van der Waals surface area contributed by atoms with Gasteiger partial charge >= 0.3 is 0 Å². The van der Waals surface area contributed by atoms with Crippen LogP contribution in [-0.2, 0) is 4.74 Å². The normalized spacial score (nSPS) is 19.8. The summed E-state index contributed by atoms with van der Waals surface area (Å²) in [4.78, 5) is 15.1. The van der Waals surface area contributed by atoms with Crippen molar-refractivity contribution in [3.8, 4) is 0 Å². The van der Waals surface area contributed by atoms with Gasteiger partial charge in [0.2, 0.25) is 0 Å². The number of nitrogens with zero attached hydrogens (tertiary/aromatic N) is 1. The lowest BCUT2D eigenvalue weighted by Crippen LogP contribution is -2.36. The summed E-state index contributed by atoms with van der Waals surface area (Å²) in [7, 11) is 0. The number of amides is 1. The highest BCUT2D eigenvalue weighted by atomic mass is 32.1. The summed E-state index contributed by atoms with van der Waals surface area (Å²) in [5, 5.41) is 4.10. The Balaban J connectivity index is 1.62. The first-order valence-electron chi connectivity index (χ1n) is 7.74. The molecule has 0 unspecified atom stereocenters. The van der Waals surface area contributed by atoms with Gasteiger partial charge in [0.15, 0.2) is 0 Å². The Morgan fingerprint density at radius 2 is 2.14 bits per heavy atom. The van der Waals surface area contributed by atoms with Crippen molar-refractivity contribution < 1.29 is 9.53 Å². The number of carbonyl (C=O) groups excluding carboxylic acids is 1. The summed E-state index contributed by atoms with van der Waals surface area (Å²) in [6.45, 7) is 4.75. The van der Waals surface area contributed by atoms with E-state index in [9.17, 15) is 4.79 Å². The van der Waals surface area contributed by atoms with E-state index in [-0.39, 0.29) is 5.91 Å². The van der Waals surface area contributed by atoms with Crippen LogP contribution in [0.25, 0.3) is 0 Å². The summed E-state index contributed by atoms with van der Waals surface area (Å²) in [6, 6.07) is 2.30. The topological polar surface area (TPSA) is 67.6 Å². The monoisotopic (exact) mass is 309 g/mol. The second-order valence-electron chi connectivity index (χ2n) is 5.76. The second-order valence-corrected chi connectivity index (χ2v) is 6.79. The third-order valence-corrected chi connectivity index (χ3v) is 5.23. The number of nitrogens with one attached hydrogen (secondary N) is 1. The van der Waals surface area contributed by atoms with E-state index in [2.05, 4.69) is 10.2 Å². The highest BCUT2D eigenvalue weighted by molar-refractivity contribution is 7.18. The van der Waals surface area contributed by atoms with Gasteiger partial charge in [0.1, 0.15) is 4.88 Å². The SMILES string of the molecule is CCOC1CCN(c2cc(N)c(C(=O)NC3CC3)s2)CC1. The van der Waals surface area contributed by atoms with Crippen LogP contribution in [-0.4, -0.2) is 37.7 Å². The molecule has 1 aromatic rings. The molecule has 1 amide bonds. The summed E-state index contributed by atoms with van der Waals surface area (Å²) >= 11 is 1.51. The molecule has 2 fully saturated rings. The summed E-state index contributed by atoms with van der Waals surface area (Å²) < 4.78 is 5.67. The highest BCUT2D eigenvalue weighted by Crippen LogP contribution is 2.34. The molecule has 1 aliphatic heterocycles. The molecule has 1 saturated heterocycles. The van der Waals surface area contributed by atoms with Gasteiger partial charge in [0.05, 0.1) is 16.8 Å². The average Bonchev–Trinajstić information content (AvgIpc) is 3.20. The molecule has 6 heteroatoms. The van der Waals surface area contributed by atoms with Crippen LogP contribution in [0, 0.1) is 0 Å². The number of ether oxygens (including phenoxy) is 1. The van der Waals surface area contributed by atoms with Gasteiger partial charge in [-0.15, -0.1) is 11.3 Å². The van der Waals surface area contributed by atoms with Gasteiger partial charge in [-0.05, 0) is 38.7 Å². The molecule has 116 valence electrons. The van der Waals surface area contributed by atoms with Gasteiger partial charge < -0.3 is 20.7 Å². The molecule has 2 aliphatic rings. The Kier molecular flexibility index (Phi) is 4.35. The molecule has 21 heavy (non-hydrogen) atoms. The fraction of sp³-hybridized carbons (Fsp3) is 0.667. The molecule has 0 spiro atoms. The Hall–Kier alpha value is -1.27. The van der Waals surface area contributed by atoms with Crippen molar-refractivity contribution in [1.82, 2.24) is 5.32 Å². The Morgan fingerprint density at radius 1 is 1.43 bits per heavy atom. The first-order chi connectivity index (χ1) is 10.2. The number of piperidine rings is 1. The number of thiophene rings is 1. The number of rotatable bonds is 5. The minimum absolute atomic E-state index is 0.0181. The number of nitrogens with two attached hydrogens (primary N) is 1. The second kappa shape index (κ2) is 6.23. The summed E-state index contributed by atoms with van der Waals surface area (Å²) in [6.07, 6.45) is 4.63.